The molecule has 1 amide bonds. The molecule has 1 N–H and O–H groups in total. The normalized spacial score (nSPS) is 11.4. The van der Waals surface area contributed by atoms with E-state index in [1.807, 2.05) is 0 Å². The maximum Gasteiger partial charge on any atom is 0.434 e. The number of alkyl halides is 3. The molecular formula is C17H10ClF4N3O. The fourth-order valence-corrected chi connectivity index (χ4v) is 2.46. The minimum atomic E-state index is -4.84. The third-order valence-corrected chi connectivity index (χ3v) is 3.69. The van der Waals surface area contributed by atoms with Gasteiger partial charge in [-0.3, -0.25) is 4.79 Å². The molecule has 26 heavy (non-hydrogen) atoms. The predicted octanol–water partition coefficient (Wildman–Crippen LogP) is 4.94. The number of halogens is 5. The van der Waals surface area contributed by atoms with Crippen molar-refractivity contribution in [2.45, 2.75) is 6.18 Å². The van der Waals surface area contributed by atoms with Gasteiger partial charge < -0.3 is 5.32 Å². The predicted molar refractivity (Wildman–Crippen MR) is 87.9 cm³/mol. The first-order chi connectivity index (χ1) is 12.3. The lowest BCUT2D eigenvalue weighted by Gasteiger charge is -2.13. The van der Waals surface area contributed by atoms with Crippen LogP contribution in [0.5, 0.6) is 0 Å². The average Bonchev–Trinajstić information content (AvgIpc) is 3.01. The van der Waals surface area contributed by atoms with Gasteiger partial charge in [-0.2, -0.15) is 18.3 Å². The Morgan fingerprint density at radius 3 is 2.42 bits per heavy atom. The molecule has 0 unspecified atom stereocenters. The average molecular weight is 384 g/mol. The molecule has 0 saturated carbocycles. The van der Waals surface area contributed by atoms with Gasteiger partial charge in [0.25, 0.3) is 5.91 Å². The summed E-state index contributed by atoms with van der Waals surface area (Å²) in [5, 5.41) is 6.26. The first-order valence-corrected chi connectivity index (χ1v) is 7.61. The highest BCUT2D eigenvalue weighted by molar-refractivity contribution is 6.30. The molecule has 0 aliphatic rings. The van der Waals surface area contributed by atoms with Crippen LogP contribution in [0, 0.1) is 5.82 Å². The molecule has 0 fully saturated rings. The summed E-state index contributed by atoms with van der Waals surface area (Å²) in [6.45, 7) is 0. The van der Waals surface area contributed by atoms with E-state index in [9.17, 15) is 22.4 Å². The van der Waals surface area contributed by atoms with Crippen molar-refractivity contribution >= 4 is 23.2 Å². The molecule has 0 bridgehead atoms. The SMILES string of the molecule is O=C(Nc1cccc(F)c1)c1cnn(-c2ccc(Cl)cc2)c1C(F)(F)F. The minimum absolute atomic E-state index is 0.0300. The highest BCUT2D eigenvalue weighted by atomic mass is 35.5. The standard InChI is InChI=1S/C17H10ClF4N3O/c18-10-4-6-13(7-5-10)25-15(17(20,21)22)14(9-23-25)16(26)24-12-3-1-2-11(19)8-12/h1-9H,(H,24,26). The van der Waals surface area contributed by atoms with Crippen LogP contribution in [0.4, 0.5) is 23.2 Å². The molecule has 0 saturated heterocycles. The summed E-state index contributed by atoms with van der Waals surface area (Å²) < 4.78 is 54.4. The van der Waals surface area contributed by atoms with Gasteiger partial charge in [-0.15, -0.1) is 0 Å². The van der Waals surface area contributed by atoms with Crippen LogP contribution in [0.25, 0.3) is 5.69 Å². The topological polar surface area (TPSA) is 46.9 Å². The molecular weight excluding hydrogens is 374 g/mol. The van der Waals surface area contributed by atoms with Gasteiger partial charge in [-0.1, -0.05) is 17.7 Å². The number of anilines is 1. The summed E-state index contributed by atoms with van der Waals surface area (Å²) in [5.41, 5.74) is -1.81. The zero-order valence-electron chi connectivity index (χ0n) is 12.9. The number of nitrogens with zero attached hydrogens (tertiary/aromatic N) is 2. The number of hydrogen-bond acceptors (Lipinski definition) is 2. The Hall–Kier alpha value is -2.87. The number of rotatable bonds is 3. The zero-order valence-corrected chi connectivity index (χ0v) is 13.6. The largest absolute Gasteiger partial charge is 0.434 e. The van der Waals surface area contributed by atoms with Crippen molar-refractivity contribution in [2.24, 2.45) is 0 Å². The molecule has 0 radical (unpaired) electrons. The van der Waals surface area contributed by atoms with Gasteiger partial charge in [0.15, 0.2) is 5.69 Å². The Balaban J connectivity index is 2.02. The summed E-state index contributed by atoms with van der Waals surface area (Å²) in [7, 11) is 0. The van der Waals surface area contributed by atoms with Crippen LogP contribution in [0.2, 0.25) is 5.02 Å². The van der Waals surface area contributed by atoms with Crippen molar-refractivity contribution in [3.05, 3.63) is 76.8 Å². The number of nitrogens with one attached hydrogen (secondary N) is 1. The number of benzene rings is 2. The Morgan fingerprint density at radius 1 is 1.12 bits per heavy atom. The van der Waals surface area contributed by atoms with Gasteiger partial charge in [0.2, 0.25) is 0 Å². The van der Waals surface area contributed by atoms with Crippen LogP contribution in [0.3, 0.4) is 0 Å². The van der Waals surface area contributed by atoms with Crippen LogP contribution in [-0.2, 0) is 6.18 Å². The lowest BCUT2D eigenvalue weighted by Crippen LogP contribution is -2.20. The molecule has 1 aromatic heterocycles. The van der Waals surface area contributed by atoms with E-state index >= 15 is 0 Å². The van der Waals surface area contributed by atoms with Crippen molar-refractivity contribution in [3.8, 4) is 5.69 Å². The Kier molecular flexibility index (Phi) is 4.69. The van der Waals surface area contributed by atoms with Gasteiger partial charge in [0.1, 0.15) is 5.82 Å². The summed E-state index contributed by atoms with van der Waals surface area (Å²) in [4.78, 5) is 12.3. The molecule has 1 heterocycles. The Labute approximate surface area is 150 Å². The van der Waals surface area contributed by atoms with E-state index in [0.29, 0.717) is 9.70 Å². The van der Waals surface area contributed by atoms with Crippen LogP contribution in [0.15, 0.2) is 54.7 Å². The van der Waals surface area contributed by atoms with E-state index in [1.165, 1.54) is 36.4 Å². The Bertz CT molecular complexity index is 951. The summed E-state index contributed by atoms with van der Waals surface area (Å²) >= 11 is 5.74. The number of carbonyl (C=O) groups is 1. The lowest BCUT2D eigenvalue weighted by molar-refractivity contribution is -0.143. The van der Waals surface area contributed by atoms with Crippen molar-refractivity contribution in [3.63, 3.8) is 0 Å². The lowest BCUT2D eigenvalue weighted by atomic mass is 10.2. The van der Waals surface area contributed by atoms with E-state index in [0.717, 1.165) is 18.3 Å². The molecule has 0 aliphatic heterocycles. The van der Waals surface area contributed by atoms with Crippen molar-refractivity contribution in [1.29, 1.82) is 0 Å². The van der Waals surface area contributed by atoms with Gasteiger partial charge in [-0.25, -0.2) is 9.07 Å². The second-order valence-corrected chi connectivity index (χ2v) is 5.69. The van der Waals surface area contributed by atoms with Crippen LogP contribution in [0.1, 0.15) is 16.1 Å². The maximum absolute atomic E-state index is 13.5. The minimum Gasteiger partial charge on any atom is -0.322 e. The molecule has 2 aromatic carbocycles. The second kappa shape index (κ2) is 6.80. The molecule has 0 spiro atoms. The highest BCUT2D eigenvalue weighted by Gasteiger charge is 2.40. The third kappa shape index (κ3) is 3.70. The third-order valence-electron chi connectivity index (χ3n) is 3.44. The van der Waals surface area contributed by atoms with E-state index in [-0.39, 0.29) is 11.4 Å². The molecule has 9 heteroatoms. The van der Waals surface area contributed by atoms with E-state index in [4.69, 9.17) is 11.6 Å². The molecule has 0 aliphatic carbocycles. The van der Waals surface area contributed by atoms with Crippen LogP contribution < -0.4 is 5.32 Å². The van der Waals surface area contributed by atoms with Gasteiger partial charge >= 0.3 is 6.18 Å². The number of amides is 1. The number of hydrogen-bond donors (Lipinski definition) is 1. The quantitative estimate of drug-likeness (QED) is 0.651. The summed E-state index contributed by atoms with van der Waals surface area (Å²) in [6.07, 6.45) is -4.03. The second-order valence-electron chi connectivity index (χ2n) is 5.26. The molecule has 3 aromatic rings. The van der Waals surface area contributed by atoms with Crippen LogP contribution in [-0.4, -0.2) is 15.7 Å². The zero-order chi connectivity index (χ0) is 18.9. The monoisotopic (exact) mass is 383 g/mol. The summed E-state index contributed by atoms with van der Waals surface area (Å²) in [5.74, 6) is -1.68. The van der Waals surface area contributed by atoms with E-state index in [2.05, 4.69) is 10.4 Å². The van der Waals surface area contributed by atoms with E-state index < -0.39 is 29.2 Å². The van der Waals surface area contributed by atoms with Gasteiger partial charge in [0, 0.05) is 10.7 Å². The van der Waals surface area contributed by atoms with Crippen molar-refractivity contribution in [1.82, 2.24) is 9.78 Å². The highest BCUT2D eigenvalue weighted by Crippen LogP contribution is 2.34. The molecule has 134 valence electrons. The molecule has 4 nitrogen and oxygen atoms in total. The fourth-order valence-electron chi connectivity index (χ4n) is 2.33. The number of carbonyl (C=O) groups excluding carboxylic acids is 1. The fraction of sp³-hybridized carbons (Fsp3) is 0.0588. The van der Waals surface area contributed by atoms with Crippen molar-refractivity contribution < 1.29 is 22.4 Å². The van der Waals surface area contributed by atoms with E-state index in [1.54, 1.807) is 0 Å². The maximum atomic E-state index is 13.5. The van der Waals surface area contributed by atoms with Gasteiger partial charge in [-0.05, 0) is 42.5 Å². The molecule has 0 atom stereocenters. The summed E-state index contributed by atoms with van der Waals surface area (Å²) in [6, 6.07) is 10.3. The number of aromatic nitrogens is 2. The Morgan fingerprint density at radius 2 is 1.81 bits per heavy atom. The smallest absolute Gasteiger partial charge is 0.322 e. The molecule has 3 rings (SSSR count). The first kappa shape index (κ1) is 17.9. The first-order valence-electron chi connectivity index (χ1n) is 7.24. The van der Waals surface area contributed by atoms with Gasteiger partial charge in [0.05, 0.1) is 17.4 Å². The van der Waals surface area contributed by atoms with Crippen molar-refractivity contribution in [2.75, 3.05) is 5.32 Å². The van der Waals surface area contributed by atoms with Crippen LogP contribution >= 0.6 is 11.6 Å².